The summed E-state index contributed by atoms with van der Waals surface area (Å²) < 4.78 is 5.21. The Labute approximate surface area is 111 Å². The molecule has 0 bridgehead atoms. The van der Waals surface area contributed by atoms with E-state index in [0.29, 0.717) is 6.04 Å². The molecular formula is C13H17N3OS. The van der Waals surface area contributed by atoms with Crippen LogP contribution >= 0.6 is 11.8 Å². The summed E-state index contributed by atoms with van der Waals surface area (Å²) in [5.41, 5.74) is 2.04. The Morgan fingerprint density at radius 3 is 3.22 bits per heavy atom. The molecule has 1 atom stereocenters. The first-order valence-electron chi connectivity index (χ1n) is 6.25. The van der Waals surface area contributed by atoms with Gasteiger partial charge in [0, 0.05) is 17.9 Å². The molecule has 2 N–H and O–H groups in total. The zero-order chi connectivity index (χ0) is 12.4. The van der Waals surface area contributed by atoms with E-state index in [1.165, 1.54) is 12.8 Å². The van der Waals surface area contributed by atoms with E-state index in [2.05, 4.69) is 15.3 Å². The van der Waals surface area contributed by atoms with Crippen molar-refractivity contribution in [3.05, 3.63) is 18.2 Å². The van der Waals surface area contributed by atoms with Crippen molar-refractivity contribution in [2.45, 2.75) is 24.0 Å². The summed E-state index contributed by atoms with van der Waals surface area (Å²) in [6.45, 7) is 1.16. The summed E-state index contributed by atoms with van der Waals surface area (Å²) in [4.78, 5) is 7.91. The van der Waals surface area contributed by atoms with Crippen LogP contribution in [0.2, 0.25) is 0 Å². The van der Waals surface area contributed by atoms with Crippen molar-refractivity contribution in [2.75, 3.05) is 19.4 Å². The summed E-state index contributed by atoms with van der Waals surface area (Å²) >= 11 is 1.79. The van der Waals surface area contributed by atoms with Crippen LogP contribution in [0, 0.1) is 0 Å². The van der Waals surface area contributed by atoms with E-state index >= 15 is 0 Å². The van der Waals surface area contributed by atoms with Gasteiger partial charge in [0.2, 0.25) is 0 Å². The molecule has 0 aliphatic carbocycles. The molecule has 0 saturated carbocycles. The number of hydrogen-bond acceptors (Lipinski definition) is 4. The fourth-order valence-corrected chi connectivity index (χ4v) is 3.23. The summed E-state index contributed by atoms with van der Waals surface area (Å²) in [7, 11) is 1.68. The predicted octanol–water partition coefficient (Wildman–Crippen LogP) is 2.42. The number of hydrogen-bond donors (Lipinski definition) is 2. The van der Waals surface area contributed by atoms with Gasteiger partial charge in [-0.2, -0.15) is 0 Å². The third-order valence-corrected chi connectivity index (χ3v) is 4.29. The molecule has 96 valence electrons. The standard InChI is InChI=1S/C13H17N3OS/c1-17-10-4-5-11-12(7-10)16-13(15-11)18-8-9-3-2-6-14-9/h4-5,7,9,14H,2-3,6,8H2,1H3,(H,15,16). The Morgan fingerprint density at radius 2 is 2.44 bits per heavy atom. The van der Waals surface area contributed by atoms with Gasteiger partial charge < -0.3 is 15.0 Å². The molecule has 5 heteroatoms. The van der Waals surface area contributed by atoms with Crippen LogP contribution in [0.25, 0.3) is 11.0 Å². The average Bonchev–Trinajstić information content (AvgIpc) is 3.04. The van der Waals surface area contributed by atoms with E-state index in [1.54, 1.807) is 18.9 Å². The Bertz CT molecular complexity index is 534. The minimum atomic E-state index is 0.637. The van der Waals surface area contributed by atoms with Gasteiger partial charge in [0.1, 0.15) is 5.75 Å². The van der Waals surface area contributed by atoms with E-state index in [-0.39, 0.29) is 0 Å². The van der Waals surface area contributed by atoms with Crippen LogP contribution in [0.15, 0.2) is 23.4 Å². The molecule has 0 amide bonds. The highest BCUT2D eigenvalue weighted by Crippen LogP contribution is 2.24. The van der Waals surface area contributed by atoms with Crippen LogP contribution in [0.1, 0.15) is 12.8 Å². The van der Waals surface area contributed by atoms with Crippen molar-refractivity contribution in [3.63, 3.8) is 0 Å². The number of nitrogens with zero attached hydrogens (tertiary/aromatic N) is 1. The minimum absolute atomic E-state index is 0.637. The van der Waals surface area contributed by atoms with Crippen molar-refractivity contribution in [2.24, 2.45) is 0 Å². The van der Waals surface area contributed by atoms with E-state index in [9.17, 15) is 0 Å². The number of aromatic nitrogens is 2. The first-order chi connectivity index (χ1) is 8.85. The Balaban J connectivity index is 1.72. The molecule has 1 aromatic carbocycles. The highest BCUT2D eigenvalue weighted by Gasteiger charge is 2.15. The molecule has 2 aromatic rings. The van der Waals surface area contributed by atoms with Gasteiger partial charge in [-0.15, -0.1) is 0 Å². The normalized spacial score (nSPS) is 19.5. The molecule has 1 saturated heterocycles. The molecule has 1 unspecified atom stereocenters. The molecule has 1 aromatic heterocycles. The number of imidazole rings is 1. The Hall–Kier alpha value is -1.20. The number of thioether (sulfide) groups is 1. The number of H-pyrrole nitrogens is 1. The number of rotatable bonds is 4. The topological polar surface area (TPSA) is 49.9 Å². The molecule has 1 fully saturated rings. The van der Waals surface area contributed by atoms with Crippen molar-refractivity contribution in [1.82, 2.24) is 15.3 Å². The van der Waals surface area contributed by atoms with Gasteiger partial charge in [-0.25, -0.2) is 4.98 Å². The second kappa shape index (κ2) is 5.20. The van der Waals surface area contributed by atoms with E-state index < -0.39 is 0 Å². The Morgan fingerprint density at radius 1 is 1.50 bits per heavy atom. The van der Waals surface area contributed by atoms with Crippen LogP contribution < -0.4 is 10.1 Å². The van der Waals surface area contributed by atoms with E-state index in [4.69, 9.17) is 4.74 Å². The lowest BCUT2D eigenvalue weighted by Crippen LogP contribution is -2.23. The highest BCUT2D eigenvalue weighted by molar-refractivity contribution is 7.99. The van der Waals surface area contributed by atoms with Crippen LogP contribution in [0.5, 0.6) is 5.75 Å². The van der Waals surface area contributed by atoms with Crippen molar-refractivity contribution in [1.29, 1.82) is 0 Å². The number of nitrogens with one attached hydrogen (secondary N) is 2. The minimum Gasteiger partial charge on any atom is -0.497 e. The molecule has 4 nitrogen and oxygen atoms in total. The Kier molecular flexibility index (Phi) is 3.43. The fourth-order valence-electron chi connectivity index (χ4n) is 2.24. The molecule has 1 aliphatic rings. The SMILES string of the molecule is COc1ccc2nc(SCC3CCCN3)[nH]c2c1. The lowest BCUT2D eigenvalue weighted by Gasteiger charge is -2.06. The number of methoxy groups -OCH3 is 1. The third-order valence-electron chi connectivity index (χ3n) is 3.25. The lowest BCUT2D eigenvalue weighted by atomic mass is 10.3. The van der Waals surface area contributed by atoms with Gasteiger partial charge in [-0.05, 0) is 31.5 Å². The molecule has 18 heavy (non-hydrogen) atoms. The van der Waals surface area contributed by atoms with E-state index in [1.807, 2.05) is 18.2 Å². The summed E-state index contributed by atoms with van der Waals surface area (Å²) in [6.07, 6.45) is 2.57. The van der Waals surface area contributed by atoms with E-state index in [0.717, 1.165) is 34.2 Å². The third kappa shape index (κ3) is 2.47. The molecule has 0 radical (unpaired) electrons. The van der Waals surface area contributed by atoms with Gasteiger partial charge in [0.05, 0.1) is 18.1 Å². The quantitative estimate of drug-likeness (QED) is 0.832. The number of fused-ring (bicyclic) bond motifs is 1. The largest absolute Gasteiger partial charge is 0.497 e. The van der Waals surface area contributed by atoms with Crippen molar-refractivity contribution >= 4 is 22.8 Å². The molecular weight excluding hydrogens is 246 g/mol. The van der Waals surface area contributed by atoms with Crippen LogP contribution in [-0.2, 0) is 0 Å². The molecule has 3 rings (SSSR count). The average molecular weight is 263 g/mol. The van der Waals surface area contributed by atoms with Gasteiger partial charge in [-0.3, -0.25) is 0 Å². The molecule has 1 aliphatic heterocycles. The number of benzene rings is 1. The molecule has 0 spiro atoms. The first-order valence-corrected chi connectivity index (χ1v) is 7.23. The maximum atomic E-state index is 5.21. The van der Waals surface area contributed by atoms with Gasteiger partial charge in [0.15, 0.2) is 5.16 Å². The van der Waals surface area contributed by atoms with Crippen molar-refractivity contribution < 1.29 is 4.74 Å². The smallest absolute Gasteiger partial charge is 0.166 e. The second-order valence-electron chi connectivity index (χ2n) is 4.53. The fraction of sp³-hybridized carbons (Fsp3) is 0.462. The highest BCUT2D eigenvalue weighted by atomic mass is 32.2. The van der Waals surface area contributed by atoms with Crippen LogP contribution in [0.4, 0.5) is 0 Å². The van der Waals surface area contributed by atoms with Crippen LogP contribution in [-0.4, -0.2) is 35.4 Å². The lowest BCUT2D eigenvalue weighted by molar-refractivity contribution is 0.415. The summed E-state index contributed by atoms with van der Waals surface area (Å²) in [6, 6.07) is 6.55. The maximum absolute atomic E-state index is 5.21. The second-order valence-corrected chi connectivity index (χ2v) is 5.54. The van der Waals surface area contributed by atoms with Gasteiger partial charge >= 0.3 is 0 Å². The number of ether oxygens (including phenoxy) is 1. The zero-order valence-electron chi connectivity index (χ0n) is 10.4. The summed E-state index contributed by atoms with van der Waals surface area (Å²) in [5.74, 6) is 1.94. The zero-order valence-corrected chi connectivity index (χ0v) is 11.2. The van der Waals surface area contributed by atoms with Crippen molar-refractivity contribution in [3.8, 4) is 5.75 Å². The van der Waals surface area contributed by atoms with Gasteiger partial charge in [0.25, 0.3) is 0 Å². The first kappa shape index (κ1) is 11.9. The van der Waals surface area contributed by atoms with Gasteiger partial charge in [-0.1, -0.05) is 11.8 Å². The predicted molar refractivity (Wildman–Crippen MR) is 74.4 cm³/mol. The van der Waals surface area contributed by atoms with Crippen LogP contribution in [0.3, 0.4) is 0 Å². The summed E-state index contributed by atoms with van der Waals surface area (Å²) in [5, 5.41) is 4.49. The monoisotopic (exact) mass is 263 g/mol. The number of aromatic amines is 1. The maximum Gasteiger partial charge on any atom is 0.166 e. The molecule has 2 heterocycles.